The second-order valence-electron chi connectivity index (χ2n) is 5.02. The van der Waals surface area contributed by atoms with Crippen molar-refractivity contribution in [2.24, 2.45) is 5.92 Å². The van der Waals surface area contributed by atoms with E-state index in [-0.39, 0.29) is 17.2 Å². The van der Waals surface area contributed by atoms with Gasteiger partial charge in [0.25, 0.3) is 0 Å². The predicted molar refractivity (Wildman–Crippen MR) is 80.7 cm³/mol. The number of aryl methyl sites for hydroxylation is 1. The Balaban J connectivity index is 2.67. The van der Waals surface area contributed by atoms with E-state index < -0.39 is 21.7 Å². The first-order chi connectivity index (χ1) is 9.77. The highest BCUT2D eigenvalue weighted by molar-refractivity contribution is 7.91. The van der Waals surface area contributed by atoms with Crippen molar-refractivity contribution in [3.8, 4) is 0 Å². The molecule has 1 atom stereocenters. The van der Waals surface area contributed by atoms with E-state index in [0.29, 0.717) is 11.5 Å². The first kappa shape index (κ1) is 17.4. The second-order valence-corrected chi connectivity index (χ2v) is 7.13. The number of allylic oxidation sites excluding steroid dienone is 1. The molecule has 0 radical (unpaired) electrons. The van der Waals surface area contributed by atoms with Crippen LogP contribution >= 0.6 is 0 Å². The molecule has 0 saturated carbocycles. The van der Waals surface area contributed by atoms with Gasteiger partial charge in [0, 0.05) is 5.92 Å². The molecule has 21 heavy (non-hydrogen) atoms. The summed E-state index contributed by atoms with van der Waals surface area (Å²) in [5.74, 6) is -1.25. The lowest BCUT2D eigenvalue weighted by atomic mass is 10.1. The normalized spacial score (nSPS) is 12.7. The number of hydroxylamine groups is 2. The number of sulfone groups is 1. The van der Waals surface area contributed by atoms with Crippen LogP contribution in [0.5, 0.6) is 0 Å². The largest absolute Gasteiger partial charge is 0.286 e. The summed E-state index contributed by atoms with van der Waals surface area (Å²) in [6, 6.07) is 6.46. The lowest BCUT2D eigenvalue weighted by Crippen LogP contribution is -2.35. The van der Waals surface area contributed by atoms with Gasteiger partial charge in [-0.05, 0) is 25.5 Å². The molecule has 0 aromatic heterocycles. The van der Waals surface area contributed by atoms with Crippen molar-refractivity contribution >= 4 is 15.7 Å². The van der Waals surface area contributed by atoms with Crippen molar-refractivity contribution in [2.45, 2.75) is 25.2 Å². The molecule has 116 valence electrons. The van der Waals surface area contributed by atoms with Crippen LogP contribution in [-0.2, 0) is 14.6 Å². The quantitative estimate of drug-likeness (QED) is 0.476. The Bertz CT molecular complexity index is 593. The van der Waals surface area contributed by atoms with E-state index in [9.17, 15) is 18.4 Å². The van der Waals surface area contributed by atoms with E-state index in [1.165, 1.54) is 12.1 Å². The highest BCUT2D eigenvalue weighted by atomic mass is 32.2. The molecule has 5 nitrogen and oxygen atoms in total. The first-order valence-corrected chi connectivity index (χ1v) is 8.33. The molecule has 1 rings (SSSR count). The molecule has 1 amide bonds. The van der Waals surface area contributed by atoms with Gasteiger partial charge < -0.3 is 0 Å². The maximum Gasteiger partial charge on any atom is 0.249 e. The number of hydrogen-bond donors (Lipinski definition) is 1. The van der Waals surface area contributed by atoms with E-state index in [1.807, 2.05) is 6.92 Å². The van der Waals surface area contributed by atoms with Crippen LogP contribution in [0.3, 0.4) is 0 Å². The molecular weight excluding hydrogens is 290 g/mol. The summed E-state index contributed by atoms with van der Waals surface area (Å²) >= 11 is 0. The van der Waals surface area contributed by atoms with Gasteiger partial charge in [-0.2, -0.15) is 0 Å². The van der Waals surface area contributed by atoms with E-state index >= 15 is 0 Å². The molecule has 0 aliphatic heterocycles. The van der Waals surface area contributed by atoms with Gasteiger partial charge >= 0.3 is 0 Å². The smallest absolute Gasteiger partial charge is 0.249 e. The summed E-state index contributed by atoms with van der Waals surface area (Å²) in [5.41, 5.74) is 0.964. The zero-order valence-corrected chi connectivity index (χ0v) is 13.1. The lowest BCUT2D eigenvalue weighted by molar-refractivity contribution is -0.168. The van der Waals surface area contributed by atoms with E-state index in [0.717, 1.165) is 5.56 Å². The molecule has 6 heteroatoms. The SMILES string of the molecule is C=CCC(C)C(=O)N(O)CCS(=O)(=O)c1ccc(C)cc1. The molecule has 0 bridgehead atoms. The minimum absolute atomic E-state index is 0.188. The van der Waals surface area contributed by atoms with Crippen molar-refractivity contribution < 1.29 is 18.4 Å². The maximum absolute atomic E-state index is 12.1. The number of hydrogen-bond acceptors (Lipinski definition) is 4. The van der Waals surface area contributed by atoms with Crippen LogP contribution in [0.2, 0.25) is 0 Å². The third kappa shape index (κ3) is 4.99. The maximum atomic E-state index is 12.1. The van der Waals surface area contributed by atoms with Crippen LogP contribution in [0, 0.1) is 12.8 Å². The minimum Gasteiger partial charge on any atom is -0.286 e. The van der Waals surface area contributed by atoms with Crippen molar-refractivity contribution in [2.75, 3.05) is 12.3 Å². The van der Waals surface area contributed by atoms with Crippen LogP contribution in [0.4, 0.5) is 0 Å². The van der Waals surface area contributed by atoms with Crippen LogP contribution in [-0.4, -0.2) is 36.9 Å². The van der Waals surface area contributed by atoms with Crippen LogP contribution in [0.25, 0.3) is 0 Å². The molecule has 0 spiro atoms. The third-order valence-corrected chi connectivity index (χ3v) is 4.86. The highest BCUT2D eigenvalue weighted by Crippen LogP contribution is 2.13. The number of benzene rings is 1. The van der Waals surface area contributed by atoms with Crippen molar-refractivity contribution in [3.63, 3.8) is 0 Å². The first-order valence-electron chi connectivity index (χ1n) is 6.68. The van der Waals surface area contributed by atoms with Gasteiger partial charge in [0.05, 0.1) is 17.2 Å². The van der Waals surface area contributed by atoms with Crippen LogP contribution < -0.4 is 0 Å². The van der Waals surface area contributed by atoms with Gasteiger partial charge in [-0.1, -0.05) is 30.7 Å². The average molecular weight is 311 g/mol. The monoisotopic (exact) mass is 311 g/mol. The fourth-order valence-corrected chi connectivity index (χ4v) is 2.99. The summed E-state index contributed by atoms with van der Waals surface area (Å²) in [4.78, 5) is 12.0. The summed E-state index contributed by atoms with van der Waals surface area (Å²) < 4.78 is 24.2. The molecule has 1 N–H and O–H groups in total. The van der Waals surface area contributed by atoms with Crippen molar-refractivity contribution in [3.05, 3.63) is 42.5 Å². The Labute approximate surface area is 125 Å². The van der Waals surface area contributed by atoms with E-state index in [1.54, 1.807) is 25.1 Å². The van der Waals surface area contributed by atoms with Gasteiger partial charge in [-0.25, -0.2) is 13.5 Å². The molecule has 1 unspecified atom stereocenters. The van der Waals surface area contributed by atoms with Gasteiger partial charge in [0.2, 0.25) is 5.91 Å². The van der Waals surface area contributed by atoms with Gasteiger partial charge in [-0.3, -0.25) is 10.0 Å². The molecular formula is C15H21NO4S. The topological polar surface area (TPSA) is 74.7 Å². The number of carbonyl (C=O) groups excluding carboxylic acids is 1. The molecule has 0 saturated heterocycles. The zero-order valence-electron chi connectivity index (χ0n) is 12.3. The summed E-state index contributed by atoms with van der Waals surface area (Å²) in [7, 11) is -3.52. The highest BCUT2D eigenvalue weighted by Gasteiger charge is 2.21. The Hall–Kier alpha value is -1.66. The molecule has 1 aromatic rings. The van der Waals surface area contributed by atoms with Crippen LogP contribution in [0.15, 0.2) is 41.8 Å². The zero-order chi connectivity index (χ0) is 16.0. The summed E-state index contributed by atoms with van der Waals surface area (Å²) in [5, 5.41) is 10.1. The van der Waals surface area contributed by atoms with Gasteiger partial charge in [-0.15, -0.1) is 6.58 Å². The van der Waals surface area contributed by atoms with Crippen LogP contribution in [0.1, 0.15) is 18.9 Å². The standard InChI is InChI=1S/C15H21NO4S/c1-4-5-13(3)15(17)16(18)10-11-21(19,20)14-8-6-12(2)7-9-14/h4,6-9,13,18H,1,5,10-11H2,2-3H3. The Morgan fingerprint density at radius 3 is 2.48 bits per heavy atom. The second kappa shape index (κ2) is 7.38. The number of rotatable bonds is 7. The van der Waals surface area contributed by atoms with Crippen molar-refractivity contribution in [1.29, 1.82) is 0 Å². The molecule has 0 fully saturated rings. The fourth-order valence-electron chi connectivity index (χ4n) is 1.79. The molecule has 0 aliphatic rings. The molecule has 0 heterocycles. The third-order valence-electron chi connectivity index (χ3n) is 3.15. The van der Waals surface area contributed by atoms with Crippen molar-refractivity contribution in [1.82, 2.24) is 5.06 Å². The van der Waals surface area contributed by atoms with E-state index in [2.05, 4.69) is 6.58 Å². The van der Waals surface area contributed by atoms with E-state index in [4.69, 9.17) is 0 Å². The summed E-state index contributed by atoms with van der Waals surface area (Å²) in [6.07, 6.45) is 2.01. The summed E-state index contributed by atoms with van der Waals surface area (Å²) in [6.45, 7) is 6.79. The lowest BCUT2D eigenvalue weighted by Gasteiger charge is -2.18. The minimum atomic E-state index is -3.52. The Morgan fingerprint density at radius 1 is 1.38 bits per heavy atom. The number of nitrogens with zero attached hydrogens (tertiary/aromatic N) is 1. The van der Waals surface area contributed by atoms with Gasteiger partial charge in [0.15, 0.2) is 9.84 Å². The number of carbonyl (C=O) groups is 1. The Morgan fingerprint density at radius 2 is 1.95 bits per heavy atom. The molecule has 1 aromatic carbocycles. The fraction of sp³-hybridized carbons (Fsp3) is 0.400. The predicted octanol–water partition coefficient (Wildman–Crippen LogP) is 2.20. The number of amides is 1. The Kier molecular flexibility index (Phi) is 6.11. The van der Waals surface area contributed by atoms with Gasteiger partial charge in [0.1, 0.15) is 0 Å². The molecule has 0 aliphatic carbocycles. The average Bonchev–Trinajstić information content (AvgIpc) is 2.44.